The Morgan fingerprint density at radius 3 is 0.958 bits per heavy atom. The summed E-state index contributed by atoms with van der Waals surface area (Å²) in [5, 5.41) is 0. The maximum atomic E-state index is 12.9. The number of hydrogen-bond acceptors (Lipinski definition) is 6. The minimum atomic E-state index is -0.801. The van der Waals surface area contributed by atoms with Crippen molar-refractivity contribution in [2.75, 3.05) is 13.2 Å². The van der Waals surface area contributed by atoms with Gasteiger partial charge < -0.3 is 14.2 Å². The zero-order chi connectivity index (χ0) is 51.4. The maximum absolute atomic E-state index is 12.9. The molecule has 0 fully saturated rings. The fourth-order valence-electron chi connectivity index (χ4n) is 8.40. The molecule has 0 aliphatic heterocycles. The topological polar surface area (TPSA) is 78.9 Å². The number of rotatable bonds is 54. The third kappa shape index (κ3) is 57.4. The van der Waals surface area contributed by atoms with E-state index in [1.165, 1.54) is 141 Å². The minimum absolute atomic E-state index is 0.0991. The molecule has 0 spiro atoms. The fourth-order valence-corrected chi connectivity index (χ4v) is 8.40. The summed E-state index contributed by atoms with van der Waals surface area (Å²) in [6.07, 6.45) is 77.2. The SMILES string of the molecule is CC/C=C\C/C=C\C/C=C\C/C=C\C/C=C\CCCCCC(=O)OCC(COC(=O)CCCCC/C=C\C=C/CCCCCCCCC)OC(=O)CCCCCCCCCCCCCCCCCCCC. The molecule has 6 nitrogen and oxygen atoms in total. The first kappa shape index (κ1) is 67.6. The smallest absolute Gasteiger partial charge is 0.306 e. The molecular weight excluding hydrogens is 877 g/mol. The molecule has 0 saturated carbocycles. The van der Waals surface area contributed by atoms with Crippen LogP contribution in [0.3, 0.4) is 0 Å². The summed E-state index contributed by atoms with van der Waals surface area (Å²) in [6, 6.07) is 0. The highest BCUT2D eigenvalue weighted by molar-refractivity contribution is 5.71. The van der Waals surface area contributed by atoms with Crippen molar-refractivity contribution in [1.82, 2.24) is 0 Å². The van der Waals surface area contributed by atoms with Gasteiger partial charge in [-0.25, -0.2) is 0 Å². The molecule has 0 aromatic rings. The van der Waals surface area contributed by atoms with E-state index in [1.54, 1.807) is 0 Å². The standard InChI is InChI=1S/C65H112O6/c1-4-7-10-13-16-19-22-25-28-31-33-35-37-40-43-46-49-52-55-58-64(67)70-61-62(60-69-63(66)57-54-51-48-45-42-39-36-30-27-24-21-18-15-12-9-6-3)71-65(68)59-56-53-50-47-44-41-38-34-32-29-26-23-20-17-14-11-8-5-2/h7,10,16,19,25,28,30,33,35-36,39-40,42-43,62H,4-6,8-9,11-15,17-18,20-24,26-27,29,31-32,34,37-38,41,44-61H2,1-3H3/b10-7-,19-16-,28-25-,35-33-,36-30-,42-39-,43-40-. The molecule has 0 radical (unpaired) electrons. The second-order valence-corrected chi connectivity index (χ2v) is 19.9. The normalized spacial score (nSPS) is 12.7. The summed E-state index contributed by atoms with van der Waals surface area (Å²) < 4.78 is 16.9. The molecule has 1 unspecified atom stereocenters. The van der Waals surface area contributed by atoms with E-state index in [0.29, 0.717) is 19.3 Å². The molecule has 6 heteroatoms. The van der Waals surface area contributed by atoms with Crippen molar-refractivity contribution in [2.45, 2.75) is 297 Å². The summed E-state index contributed by atoms with van der Waals surface area (Å²) >= 11 is 0. The number of unbranched alkanes of at least 4 members (excludes halogenated alkanes) is 30. The predicted octanol–water partition coefficient (Wildman–Crippen LogP) is 20.3. The summed E-state index contributed by atoms with van der Waals surface area (Å²) in [7, 11) is 0. The van der Waals surface area contributed by atoms with Crippen LogP contribution in [0.1, 0.15) is 290 Å². The zero-order valence-corrected chi connectivity index (χ0v) is 46.7. The highest BCUT2D eigenvalue weighted by atomic mass is 16.6. The summed E-state index contributed by atoms with van der Waals surface area (Å²) in [5.74, 6) is -0.944. The van der Waals surface area contributed by atoms with Crippen molar-refractivity contribution in [3.63, 3.8) is 0 Å². The number of carbonyl (C=O) groups excluding carboxylic acids is 3. The molecule has 0 rings (SSSR count). The Kier molecular flexibility index (Phi) is 56.3. The lowest BCUT2D eigenvalue weighted by Crippen LogP contribution is -2.30. The van der Waals surface area contributed by atoms with E-state index in [2.05, 4.69) is 106 Å². The van der Waals surface area contributed by atoms with Crippen LogP contribution in [0, 0.1) is 0 Å². The van der Waals surface area contributed by atoms with Crippen molar-refractivity contribution in [2.24, 2.45) is 0 Å². The van der Waals surface area contributed by atoms with Gasteiger partial charge in [0, 0.05) is 19.3 Å². The van der Waals surface area contributed by atoms with Crippen molar-refractivity contribution in [3.05, 3.63) is 85.1 Å². The van der Waals surface area contributed by atoms with Crippen LogP contribution in [0.15, 0.2) is 85.1 Å². The van der Waals surface area contributed by atoms with Crippen LogP contribution in [-0.4, -0.2) is 37.2 Å². The Balaban J connectivity index is 4.46. The number of esters is 3. The van der Waals surface area contributed by atoms with E-state index in [4.69, 9.17) is 14.2 Å². The molecule has 0 amide bonds. The second-order valence-electron chi connectivity index (χ2n) is 19.9. The lowest BCUT2D eigenvalue weighted by molar-refractivity contribution is -0.167. The molecule has 71 heavy (non-hydrogen) atoms. The lowest BCUT2D eigenvalue weighted by Gasteiger charge is -2.18. The molecule has 0 aliphatic carbocycles. The Morgan fingerprint density at radius 1 is 0.310 bits per heavy atom. The summed E-state index contributed by atoms with van der Waals surface area (Å²) in [4.78, 5) is 38.2. The van der Waals surface area contributed by atoms with Gasteiger partial charge in [0.05, 0.1) is 0 Å². The molecule has 0 aliphatic rings. The van der Waals surface area contributed by atoms with Crippen LogP contribution in [0.5, 0.6) is 0 Å². The third-order valence-electron chi connectivity index (χ3n) is 12.9. The largest absolute Gasteiger partial charge is 0.462 e. The molecule has 0 aromatic heterocycles. The van der Waals surface area contributed by atoms with Crippen LogP contribution in [0.25, 0.3) is 0 Å². The average Bonchev–Trinajstić information content (AvgIpc) is 3.37. The highest BCUT2D eigenvalue weighted by Crippen LogP contribution is 2.16. The van der Waals surface area contributed by atoms with Crippen molar-refractivity contribution in [1.29, 1.82) is 0 Å². The molecule has 0 aromatic carbocycles. The summed E-state index contributed by atoms with van der Waals surface area (Å²) in [6.45, 7) is 6.50. The molecular formula is C65H112O6. The molecule has 0 N–H and O–H groups in total. The average molecular weight is 990 g/mol. The van der Waals surface area contributed by atoms with Crippen LogP contribution in [0.2, 0.25) is 0 Å². The van der Waals surface area contributed by atoms with Gasteiger partial charge in [-0.15, -0.1) is 0 Å². The predicted molar refractivity (Wildman–Crippen MR) is 307 cm³/mol. The Morgan fingerprint density at radius 2 is 0.592 bits per heavy atom. The monoisotopic (exact) mass is 989 g/mol. The van der Waals surface area contributed by atoms with Gasteiger partial charge in [-0.1, -0.05) is 266 Å². The van der Waals surface area contributed by atoms with Crippen LogP contribution in [0.4, 0.5) is 0 Å². The maximum Gasteiger partial charge on any atom is 0.306 e. The van der Waals surface area contributed by atoms with Crippen molar-refractivity contribution >= 4 is 17.9 Å². The van der Waals surface area contributed by atoms with Gasteiger partial charge in [0.1, 0.15) is 13.2 Å². The molecule has 0 heterocycles. The molecule has 408 valence electrons. The zero-order valence-electron chi connectivity index (χ0n) is 46.7. The second kappa shape index (κ2) is 59.2. The van der Waals surface area contributed by atoms with Gasteiger partial charge in [-0.2, -0.15) is 0 Å². The number of carbonyl (C=O) groups is 3. The fraction of sp³-hybridized carbons (Fsp3) is 0.738. The van der Waals surface area contributed by atoms with E-state index in [-0.39, 0.29) is 31.1 Å². The lowest BCUT2D eigenvalue weighted by atomic mass is 10.0. The van der Waals surface area contributed by atoms with Crippen molar-refractivity contribution in [3.8, 4) is 0 Å². The van der Waals surface area contributed by atoms with E-state index in [9.17, 15) is 14.4 Å². The number of ether oxygens (including phenoxy) is 3. The Bertz CT molecular complexity index is 1370. The first-order valence-corrected chi connectivity index (χ1v) is 30.1. The minimum Gasteiger partial charge on any atom is -0.462 e. The van der Waals surface area contributed by atoms with E-state index in [1.807, 2.05) is 0 Å². The number of allylic oxidation sites excluding steroid dienone is 14. The van der Waals surface area contributed by atoms with Crippen molar-refractivity contribution < 1.29 is 28.6 Å². The quantitative estimate of drug-likeness (QED) is 0.0199. The Hall–Kier alpha value is -3.41. The summed E-state index contributed by atoms with van der Waals surface area (Å²) in [5.41, 5.74) is 0. The molecule has 1 atom stereocenters. The van der Waals surface area contributed by atoms with E-state index in [0.717, 1.165) is 109 Å². The number of hydrogen-bond donors (Lipinski definition) is 0. The van der Waals surface area contributed by atoms with E-state index < -0.39 is 6.10 Å². The first-order chi connectivity index (χ1) is 35.0. The van der Waals surface area contributed by atoms with Gasteiger partial charge >= 0.3 is 17.9 Å². The first-order valence-electron chi connectivity index (χ1n) is 30.1. The third-order valence-corrected chi connectivity index (χ3v) is 12.9. The van der Waals surface area contributed by atoms with Gasteiger partial charge in [-0.3, -0.25) is 14.4 Å². The van der Waals surface area contributed by atoms with E-state index >= 15 is 0 Å². The van der Waals surface area contributed by atoms with Crippen LogP contribution in [-0.2, 0) is 28.6 Å². The molecule has 0 bridgehead atoms. The van der Waals surface area contributed by atoms with Crippen LogP contribution < -0.4 is 0 Å². The van der Waals surface area contributed by atoms with Gasteiger partial charge in [0.2, 0.25) is 0 Å². The van der Waals surface area contributed by atoms with Gasteiger partial charge in [0.15, 0.2) is 6.10 Å². The van der Waals surface area contributed by atoms with Crippen LogP contribution >= 0.6 is 0 Å². The highest BCUT2D eigenvalue weighted by Gasteiger charge is 2.19. The van der Waals surface area contributed by atoms with Gasteiger partial charge in [0.25, 0.3) is 0 Å². The van der Waals surface area contributed by atoms with Gasteiger partial charge in [-0.05, 0) is 89.9 Å². The Labute approximate surface area is 439 Å². The molecule has 0 saturated heterocycles.